The van der Waals surface area contributed by atoms with Gasteiger partial charge in [0.25, 0.3) is 5.91 Å². The topological polar surface area (TPSA) is 115 Å². The lowest BCUT2D eigenvalue weighted by Gasteiger charge is -2.11. The van der Waals surface area contributed by atoms with Crippen LogP contribution in [0, 0.1) is 22.7 Å². The van der Waals surface area contributed by atoms with Crippen LogP contribution in [0.15, 0.2) is 66.7 Å². The molecule has 0 spiro atoms. The van der Waals surface area contributed by atoms with Gasteiger partial charge in [-0.1, -0.05) is 48.5 Å². The van der Waals surface area contributed by atoms with Crippen molar-refractivity contribution >= 4 is 22.5 Å². The summed E-state index contributed by atoms with van der Waals surface area (Å²) in [7, 11) is 0. The van der Waals surface area contributed by atoms with Crippen molar-refractivity contribution in [3.8, 4) is 23.6 Å². The molecule has 7 nitrogen and oxygen atoms in total. The first-order chi connectivity index (χ1) is 14.6. The highest BCUT2D eigenvalue weighted by Gasteiger charge is 2.23. The number of benzene rings is 3. The molecule has 4 rings (SSSR count). The van der Waals surface area contributed by atoms with Gasteiger partial charge < -0.3 is 10.4 Å². The highest BCUT2D eigenvalue weighted by molar-refractivity contribution is 6.10. The predicted octanol–water partition coefficient (Wildman–Crippen LogP) is 3.92. The van der Waals surface area contributed by atoms with E-state index < -0.39 is 5.91 Å². The van der Waals surface area contributed by atoms with Gasteiger partial charge in [0.1, 0.15) is 17.4 Å². The third-order valence-electron chi connectivity index (χ3n) is 4.69. The van der Waals surface area contributed by atoms with Crippen LogP contribution in [-0.4, -0.2) is 20.8 Å². The fourth-order valence-corrected chi connectivity index (χ4v) is 3.26. The molecule has 4 aromatic rings. The van der Waals surface area contributed by atoms with Gasteiger partial charge in [0.05, 0.1) is 29.4 Å². The van der Waals surface area contributed by atoms with Crippen LogP contribution < -0.4 is 5.32 Å². The zero-order valence-electron chi connectivity index (χ0n) is 15.7. The van der Waals surface area contributed by atoms with Gasteiger partial charge in [0, 0.05) is 5.39 Å². The number of phenolic OH excluding ortho intramolecular Hbond substituents is 1. The fraction of sp³-hybridized carbons (Fsp3) is 0.0435. The Labute approximate surface area is 172 Å². The van der Waals surface area contributed by atoms with Crippen LogP contribution in [0.25, 0.3) is 16.5 Å². The van der Waals surface area contributed by atoms with E-state index in [1.165, 1.54) is 10.7 Å². The molecule has 0 aliphatic carbocycles. The summed E-state index contributed by atoms with van der Waals surface area (Å²) in [6, 6.07) is 23.4. The molecular formula is C23H15N5O2. The van der Waals surface area contributed by atoms with Crippen molar-refractivity contribution in [1.29, 1.82) is 10.5 Å². The number of aromatic nitrogens is 2. The normalized spacial score (nSPS) is 10.3. The fourth-order valence-electron chi connectivity index (χ4n) is 3.26. The highest BCUT2D eigenvalue weighted by atomic mass is 16.3. The second-order valence-electron chi connectivity index (χ2n) is 6.50. The van der Waals surface area contributed by atoms with Gasteiger partial charge in [-0.05, 0) is 23.6 Å². The number of para-hydroxylation sites is 1. The van der Waals surface area contributed by atoms with Gasteiger partial charge in [-0.25, -0.2) is 4.68 Å². The molecule has 7 heteroatoms. The van der Waals surface area contributed by atoms with Crippen LogP contribution in [0.5, 0.6) is 5.75 Å². The molecule has 3 aromatic carbocycles. The molecule has 144 valence electrons. The second kappa shape index (κ2) is 7.78. The molecule has 1 amide bonds. The summed E-state index contributed by atoms with van der Waals surface area (Å²) < 4.78 is 1.42. The van der Waals surface area contributed by atoms with Crippen LogP contribution in [0.1, 0.15) is 21.6 Å². The molecule has 0 fully saturated rings. The van der Waals surface area contributed by atoms with Gasteiger partial charge in [0.2, 0.25) is 0 Å². The molecule has 0 bridgehead atoms. The Morgan fingerprint density at radius 3 is 2.50 bits per heavy atom. The van der Waals surface area contributed by atoms with Gasteiger partial charge >= 0.3 is 0 Å². The Balaban J connectivity index is 1.81. The molecule has 0 unspecified atom stereocenters. The Morgan fingerprint density at radius 1 is 1.03 bits per heavy atom. The zero-order valence-corrected chi connectivity index (χ0v) is 15.7. The second-order valence-corrected chi connectivity index (χ2v) is 6.50. The van der Waals surface area contributed by atoms with Crippen LogP contribution in [0.2, 0.25) is 0 Å². The number of anilines is 1. The van der Waals surface area contributed by atoms with Crippen molar-refractivity contribution in [3.05, 3.63) is 83.6 Å². The van der Waals surface area contributed by atoms with Gasteiger partial charge in [-0.2, -0.15) is 15.6 Å². The van der Waals surface area contributed by atoms with E-state index in [4.69, 9.17) is 5.26 Å². The van der Waals surface area contributed by atoms with E-state index in [9.17, 15) is 15.2 Å². The lowest BCUT2D eigenvalue weighted by molar-refractivity contribution is 0.102. The Morgan fingerprint density at radius 2 is 1.77 bits per heavy atom. The predicted molar refractivity (Wildman–Crippen MR) is 111 cm³/mol. The number of aromatic hydroxyl groups is 1. The quantitative estimate of drug-likeness (QED) is 0.545. The third kappa shape index (κ3) is 3.21. The number of fused-ring (bicyclic) bond motifs is 1. The van der Waals surface area contributed by atoms with Crippen LogP contribution in [0.3, 0.4) is 0 Å². The maximum atomic E-state index is 13.0. The largest absolute Gasteiger partial charge is 0.506 e. The SMILES string of the molecule is N#CCc1nn(-c2ccccc2)c(NC(=O)c2ccc3ccccc3c2O)c1C#N. The Bertz CT molecular complexity index is 1340. The van der Waals surface area contributed by atoms with E-state index in [0.717, 1.165) is 5.39 Å². The minimum atomic E-state index is -0.588. The van der Waals surface area contributed by atoms with E-state index >= 15 is 0 Å². The summed E-state index contributed by atoms with van der Waals surface area (Å²) >= 11 is 0. The Kier molecular flexibility index (Phi) is 4.86. The minimum absolute atomic E-state index is 0.0697. The van der Waals surface area contributed by atoms with Crippen molar-refractivity contribution in [1.82, 2.24) is 9.78 Å². The summed E-state index contributed by atoms with van der Waals surface area (Å²) in [5.41, 5.74) is 1.06. The van der Waals surface area contributed by atoms with Crippen molar-refractivity contribution in [2.24, 2.45) is 0 Å². The van der Waals surface area contributed by atoms with Crippen LogP contribution in [-0.2, 0) is 6.42 Å². The number of hydrogen-bond acceptors (Lipinski definition) is 5. The van der Waals surface area contributed by atoms with E-state index in [-0.39, 0.29) is 34.8 Å². The third-order valence-corrected chi connectivity index (χ3v) is 4.69. The first-order valence-electron chi connectivity index (χ1n) is 9.10. The number of hydrogen-bond donors (Lipinski definition) is 2. The van der Waals surface area contributed by atoms with Crippen molar-refractivity contribution in [2.45, 2.75) is 6.42 Å². The maximum Gasteiger partial charge on any atom is 0.260 e. The lowest BCUT2D eigenvalue weighted by atomic mass is 10.0. The van der Waals surface area contributed by atoms with E-state index in [1.807, 2.05) is 30.3 Å². The van der Waals surface area contributed by atoms with Gasteiger partial charge in [0.15, 0.2) is 5.82 Å². The Hall–Kier alpha value is -4.62. The number of nitrogens with one attached hydrogen (secondary N) is 1. The molecule has 30 heavy (non-hydrogen) atoms. The number of amides is 1. The smallest absolute Gasteiger partial charge is 0.260 e. The molecule has 0 radical (unpaired) electrons. The van der Waals surface area contributed by atoms with Gasteiger partial charge in [-0.3, -0.25) is 4.79 Å². The number of rotatable bonds is 4. The average molecular weight is 393 g/mol. The average Bonchev–Trinajstić information content (AvgIpc) is 3.11. The molecule has 2 N–H and O–H groups in total. The first kappa shape index (κ1) is 18.7. The van der Waals surface area contributed by atoms with Crippen molar-refractivity contribution < 1.29 is 9.90 Å². The number of carbonyl (C=O) groups is 1. The molecular weight excluding hydrogens is 378 g/mol. The number of carbonyl (C=O) groups excluding carboxylic acids is 1. The number of nitrogens with zero attached hydrogens (tertiary/aromatic N) is 4. The zero-order chi connectivity index (χ0) is 21.1. The molecule has 0 aliphatic heterocycles. The van der Waals surface area contributed by atoms with E-state index in [0.29, 0.717) is 11.1 Å². The number of phenols is 1. The molecule has 1 heterocycles. The van der Waals surface area contributed by atoms with Crippen molar-refractivity contribution in [2.75, 3.05) is 5.32 Å². The summed E-state index contributed by atoms with van der Waals surface area (Å²) in [6.45, 7) is 0. The molecule has 0 saturated heterocycles. The summed E-state index contributed by atoms with van der Waals surface area (Å²) in [5, 5.41) is 37.7. The lowest BCUT2D eigenvalue weighted by Crippen LogP contribution is -2.16. The number of nitriles is 2. The van der Waals surface area contributed by atoms with Crippen LogP contribution in [0.4, 0.5) is 5.82 Å². The summed E-state index contributed by atoms with van der Waals surface area (Å²) in [6.07, 6.45) is -0.0766. The first-order valence-corrected chi connectivity index (χ1v) is 9.10. The van der Waals surface area contributed by atoms with Crippen molar-refractivity contribution in [3.63, 3.8) is 0 Å². The highest BCUT2D eigenvalue weighted by Crippen LogP contribution is 2.30. The molecule has 0 saturated carbocycles. The summed E-state index contributed by atoms with van der Waals surface area (Å²) in [4.78, 5) is 13.0. The van der Waals surface area contributed by atoms with Gasteiger partial charge in [-0.15, -0.1) is 0 Å². The van der Waals surface area contributed by atoms with E-state index in [2.05, 4.69) is 10.4 Å². The van der Waals surface area contributed by atoms with E-state index in [1.54, 1.807) is 42.5 Å². The van der Waals surface area contributed by atoms with Crippen LogP contribution >= 0.6 is 0 Å². The molecule has 1 aromatic heterocycles. The standard InChI is InChI=1S/C23H15N5O2/c24-13-12-20-19(14-25)22(28(27-20)16-7-2-1-3-8-16)26-23(30)18-11-10-15-6-4-5-9-17(15)21(18)29/h1-11,29H,12H2,(H,26,30). The summed E-state index contributed by atoms with van der Waals surface area (Å²) in [5.74, 6) is -0.589. The molecule has 0 atom stereocenters. The maximum absolute atomic E-state index is 13.0. The molecule has 0 aliphatic rings. The monoisotopic (exact) mass is 393 g/mol. The minimum Gasteiger partial charge on any atom is -0.506 e.